The molecule has 1 N–H and O–H groups in total. The second kappa shape index (κ2) is 6.44. The maximum atomic E-state index is 12.6. The third-order valence-corrected chi connectivity index (χ3v) is 2.70. The number of nitrogens with one attached hydrogen (secondary N) is 1. The number of methoxy groups -OCH3 is 1. The average molecular weight is 254 g/mol. The van der Waals surface area contributed by atoms with Crippen LogP contribution >= 0.6 is 0 Å². The normalized spacial score (nSPS) is 11.3. The maximum Gasteiger partial charge on any atom is 0.252 e. The van der Waals surface area contributed by atoms with E-state index in [0.717, 1.165) is 6.42 Å². The van der Waals surface area contributed by atoms with Gasteiger partial charge in [-0.2, -0.15) is 4.39 Å². The Hall–Kier alpha value is -1.49. The third-order valence-electron chi connectivity index (χ3n) is 2.70. The van der Waals surface area contributed by atoms with Crippen molar-refractivity contribution in [2.75, 3.05) is 20.3 Å². The third kappa shape index (κ3) is 4.79. The molecule has 4 nitrogen and oxygen atoms in total. The zero-order valence-electron chi connectivity index (χ0n) is 11.0. The summed E-state index contributed by atoms with van der Waals surface area (Å²) < 4.78 is 17.6. The first kappa shape index (κ1) is 14.6. The second-order valence-electron chi connectivity index (χ2n) is 4.96. The fourth-order valence-electron chi connectivity index (χ4n) is 1.40. The van der Waals surface area contributed by atoms with Gasteiger partial charge in [-0.3, -0.25) is 4.79 Å². The molecule has 5 heteroatoms. The molecule has 1 heterocycles. The Balaban J connectivity index is 2.48. The van der Waals surface area contributed by atoms with Crippen LogP contribution in [0.2, 0.25) is 0 Å². The summed E-state index contributed by atoms with van der Waals surface area (Å²) in [5.74, 6) is -0.833. The first-order valence-electron chi connectivity index (χ1n) is 5.83. The van der Waals surface area contributed by atoms with Gasteiger partial charge in [-0.25, -0.2) is 4.98 Å². The first-order valence-corrected chi connectivity index (χ1v) is 5.83. The lowest BCUT2D eigenvalue weighted by atomic mass is 9.89. The summed E-state index contributed by atoms with van der Waals surface area (Å²) >= 11 is 0. The lowest BCUT2D eigenvalue weighted by molar-refractivity contribution is 0.0920. The number of nitrogens with zero attached hydrogens (tertiary/aromatic N) is 1. The quantitative estimate of drug-likeness (QED) is 0.790. The van der Waals surface area contributed by atoms with Crippen molar-refractivity contribution >= 4 is 5.91 Å². The van der Waals surface area contributed by atoms with Crippen LogP contribution in [0.25, 0.3) is 0 Å². The van der Waals surface area contributed by atoms with E-state index >= 15 is 0 Å². The van der Waals surface area contributed by atoms with Gasteiger partial charge in [0.25, 0.3) is 5.91 Å². The number of hydrogen-bond acceptors (Lipinski definition) is 3. The molecule has 0 saturated heterocycles. The largest absolute Gasteiger partial charge is 0.385 e. The molecule has 0 fully saturated rings. The maximum absolute atomic E-state index is 12.6. The van der Waals surface area contributed by atoms with Crippen molar-refractivity contribution < 1.29 is 13.9 Å². The Labute approximate surface area is 107 Å². The molecule has 100 valence electrons. The molecule has 0 unspecified atom stereocenters. The highest BCUT2D eigenvalue weighted by molar-refractivity contribution is 5.93. The number of pyridine rings is 1. The van der Waals surface area contributed by atoms with Gasteiger partial charge in [0.05, 0.1) is 5.56 Å². The van der Waals surface area contributed by atoms with Crippen LogP contribution in [0.5, 0.6) is 0 Å². The molecule has 0 saturated carbocycles. The number of halogens is 1. The SMILES string of the molecule is COCCC(C)(C)CNC(=O)c1ccc(F)nc1. The van der Waals surface area contributed by atoms with Crippen LogP contribution < -0.4 is 5.32 Å². The van der Waals surface area contributed by atoms with Crippen molar-refractivity contribution in [3.05, 3.63) is 29.8 Å². The Bertz CT molecular complexity index is 390. The van der Waals surface area contributed by atoms with Gasteiger partial charge in [-0.15, -0.1) is 0 Å². The summed E-state index contributed by atoms with van der Waals surface area (Å²) in [7, 11) is 1.65. The van der Waals surface area contributed by atoms with Crippen LogP contribution in [0.4, 0.5) is 4.39 Å². The lowest BCUT2D eigenvalue weighted by Gasteiger charge is -2.24. The van der Waals surface area contributed by atoms with E-state index in [0.29, 0.717) is 18.7 Å². The number of carbonyl (C=O) groups excluding carboxylic acids is 1. The molecule has 0 aliphatic heterocycles. The molecular formula is C13H19FN2O2. The van der Waals surface area contributed by atoms with Crippen molar-refractivity contribution in [1.29, 1.82) is 0 Å². The number of hydrogen-bond donors (Lipinski definition) is 1. The summed E-state index contributed by atoms with van der Waals surface area (Å²) in [4.78, 5) is 15.2. The molecule has 1 aromatic heterocycles. The number of ether oxygens (including phenoxy) is 1. The predicted molar refractivity (Wildman–Crippen MR) is 66.8 cm³/mol. The van der Waals surface area contributed by atoms with E-state index < -0.39 is 5.95 Å². The summed E-state index contributed by atoms with van der Waals surface area (Å²) in [6.07, 6.45) is 2.08. The van der Waals surface area contributed by atoms with Gasteiger partial charge in [-0.1, -0.05) is 13.8 Å². The van der Waals surface area contributed by atoms with Crippen LogP contribution in [0.1, 0.15) is 30.6 Å². The summed E-state index contributed by atoms with van der Waals surface area (Å²) in [5, 5.41) is 2.81. The summed E-state index contributed by atoms with van der Waals surface area (Å²) in [5.41, 5.74) is 0.318. The Morgan fingerprint density at radius 1 is 1.50 bits per heavy atom. The van der Waals surface area contributed by atoms with Crippen LogP contribution in [-0.4, -0.2) is 31.2 Å². The van der Waals surface area contributed by atoms with Crippen LogP contribution in [0.3, 0.4) is 0 Å². The molecule has 0 aliphatic carbocycles. The van der Waals surface area contributed by atoms with E-state index in [1.165, 1.54) is 18.3 Å². The molecule has 1 rings (SSSR count). The van der Waals surface area contributed by atoms with Crippen LogP contribution in [-0.2, 0) is 4.74 Å². The molecule has 18 heavy (non-hydrogen) atoms. The van der Waals surface area contributed by atoms with Crippen LogP contribution in [0.15, 0.2) is 18.3 Å². The van der Waals surface area contributed by atoms with Gasteiger partial charge in [0, 0.05) is 26.5 Å². The van der Waals surface area contributed by atoms with Crippen molar-refractivity contribution in [2.45, 2.75) is 20.3 Å². The fourth-order valence-corrected chi connectivity index (χ4v) is 1.40. The zero-order chi connectivity index (χ0) is 13.6. The first-order chi connectivity index (χ1) is 8.44. The topological polar surface area (TPSA) is 51.2 Å². The van der Waals surface area contributed by atoms with E-state index in [9.17, 15) is 9.18 Å². The van der Waals surface area contributed by atoms with Gasteiger partial charge < -0.3 is 10.1 Å². The van der Waals surface area contributed by atoms with E-state index in [1.54, 1.807) is 7.11 Å². The summed E-state index contributed by atoms with van der Waals surface area (Å²) in [6.45, 7) is 5.29. The monoisotopic (exact) mass is 254 g/mol. The number of rotatable bonds is 6. The van der Waals surface area contributed by atoms with E-state index in [4.69, 9.17) is 4.74 Å². The number of amides is 1. The van der Waals surface area contributed by atoms with Gasteiger partial charge in [-0.05, 0) is 24.0 Å². The highest BCUT2D eigenvalue weighted by Gasteiger charge is 2.19. The predicted octanol–water partition coefficient (Wildman–Crippen LogP) is 2.01. The van der Waals surface area contributed by atoms with Crippen LogP contribution in [0, 0.1) is 11.4 Å². The molecule has 0 radical (unpaired) electrons. The Morgan fingerprint density at radius 3 is 2.78 bits per heavy atom. The molecule has 1 aromatic rings. The number of carbonyl (C=O) groups is 1. The molecule has 0 atom stereocenters. The van der Waals surface area contributed by atoms with Crippen molar-refractivity contribution in [2.24, 2.45) is 5.41 Å². The van der Waals surface area contributed by atoms with Crippen molar-refractivity contribution in [1.82, 2.24) is 10.3 Å². The molecule has 0 spiro atoms. The highest BCUT2D eigenvalue weighted by Crippen LogP contribution is 2.18. The van der Waals surface area contributed by atoms with Crippen molar-refractivity contribution in [3.8, 4) is 0 Å². The molecule has 1 amide bonds. The standard InChI is InChI=1S/C13H19FN2O2/c1-13(2,6-7-18-3)9-16-12(17)10-4-5-11(14)15-8-10/h4-5,8H,6-7,9H2,1-3H3,(H,16,17). The minimum absolute atomic E-state index is 0.0425. The Kier molecular flexibility index (Phi) is 5.22. The average Bonchev–Trinajstić information content (AvgIpc) is 2.35. The minimum Gasteiger partial charge on any atom is -0.385 e. The highest BCUT2D eigenvalue weighted by atomic mass is 19.1. The lowest BCUT2D eigenvalue weighted by Crippen LogP contribution is -2.34. The van der Waals surface area contributed by atoms with Gasteiger partial charge in [0.15, 0.2) is 0 Å². The minimum atomic E-state index is -0.591. The van der Waals surface area contributed by atoms with E-state index in [1.807, 2.05) is 0 Å². The van der Waals surface area contributed by atoms with Gasteiger partial charge in [0.2, 0.25) is 5.95 Å². The van der Waals surface area contributed by atoms with Crippen molar-refractivity contribution in [3.63, 3.8) is 0 Å². The molecule has 0 aromatic carbocycles. The fraction of sp³-hybridized carbons (Fsp3) is 0.538. The molecular weight excluding hydrogens is 235 g/mol. The Morgan fingerprint density at radius 2 is 2.22 bits per heavy atom. The number of aromatic nitrogens is 1. The van der Waals surface area contributed by atoms with E-state index in [-0.39, 0.29) is 11.3 Å². The van der Waals surface area contributed by atoms with Gasteiger partial charge >= 0.3 is 0 Å². The smallest absolute Gasteiger partial charge is 0.252 e. The summed E-state index contributed by atoms with van der Waals surface area (Å²) in [6, 6.07) is 2.59. The molecule has 0 bridgehead atoms. The van der Waals surface area contributed by atoms with E-state index in [2.05, 4.69) is 24.1 Å². The zero-order valence-corrected chi connectivity index (χ0v) is 11.0. The molecule has 0 aliphatic rings. The van der Waals surface area contributed by atoms with Gasteiger partial charge in [0.1, 0.15) is 0 Å². The second-order valence-corrected chi connectivity index (χ2v) is 4.96.